The van der Waals surface area contributed by atoms with Gasteiger partial charge in [-0.25, -0.2) is 0 Å². The highest BCUT2D eigenvalue weighted by Crippen LogP contribution is 2.38. The average Bonchev–Trinajstić information content (AvgIpc) is 3.06. The highest BCUT2D eigenvalue weighted by molar-refractivity contribution is 5.88. The van der Waals surface area contributed by atoms with Crippen molar-refractivity contribution < 1.29 is 14.3 Å². The van der Waals surface area contributed by atoms with E-state index < -0.39 is 5.41 Å². The van der Waals surface area contributed by atoms with Gasteiger partial charge in [0.2, 0.25) is 5.91 Å². The van der Waals surface area contributed by atoms with Gasteiger partial charge in [0, 0.05) is 32.2 Å². The summed E-state index contributed by atoms with van der Waals surface area (Å²) in [6.45, 7) is 2.94. The van der Waals surface area contributed by atoms with Gasteiger partial charge in [0.25, 0.3) is 0 Å². The summed E-state index contributed by atoms with van der Waals surface area (Å²) in [5.74, 6) is 1.54. The fourth-order valence-corrected chi connectivity index (χ4v) is 4.88. The van der Waals surface area contributed by atoms with Crippen molar-refractivity contribution in [3.8, 4) is 5.75 Å². The van der Waals surface area contributed by atoms with Crippen LogP contribution in [0.4, 0.5) is 0 Å². The molecule has 2 fully saturated rings. The van der Waals surface area contributed by atoms with E-state index in [0.717, 1.165) is 56.5 Å². The van der Waals surface area contributed by atoms with Gasteiger partial charge in [0.05, 0.1) is 12.5 Å². The maximum absolute atomic E-state index is 14.0. The maximum Gasteiger partial charge on any atom is 0.233 e. The van der Waals surface area contributed by atoms with E-state index in [1.54, 1.807) is 7.11 Å². The van der Waals surface area contributed by atoms with Crippen LogP contribution >= 0.6 is 0 Å². The molecular formula is C25H31NO3. The van der Waals surface area contributed by atoms with Crippen molar-refractivity contribution in [3.05, 3.63) is 65.7 Å². The lowest BCUT2D eigenvalue weighted by molar-refractivity contribution is -0.141. The number of likely N-dealkylation sites (tertiary alicyclic amines) is 1. The highest BCUT2D eigenvalue weighted by Gasteiger charge is 2.44. The fraction of sp³-hybridized carbons (Fsp3) is 0.480. The summed E-state index contributed by atoms with van der Waals surface area (Å²) < 4.78 is 10.9. The second-order valence-corrected chi connectivity index (χ2v) is 8.28. The number of nitrogens with zero attached hydrogens (tertiary/aromatic N) is 1. The minimum atomic E-state index is -0.450. The van der Waals surface area contributed by atoms with Gasteiger partial charge in [-0.05, 0) is 48.9 Å². The predicted molar refractivity (Wildman–Crippen MR) is 114 cm³/mol. The normalized spacial score (nSPS) is 22.0. The first-order valence-electron chi connectivity index (χ1n) is 10.8. The minimum absolute atomic E-state index is 0.285. The Kier molecular flexibility index (Phi) is 6.19. The number of rotatable bonds is 4. The smallest absolute Gasteiger partial charge is 0.233 e. The summed E-state index contributed by atoms with van der Waals surface area (Å²) in [5.41, 5.74) is 1.98. The van der Waals surface area contributed by atoms with Crippen molar-refractivity contribution in [1.29, 1.82) is 0 Å². The summed E-state index contributed by atoms with van der Waals surface area (Å²) in [5, 5.41) is 0. The van der Waals surface area contributed by atoms with Crippen LogP contribution in [0.1, 0.15) is 49.1 Å². The molecule has 2 aliphatic heterocycles. The van der Waals surface area contributed by atoms with Crippen LogP contribution in [0.25, 0.3) is 0 Å². The van der Waals surface area contributed by atoms with Crippen LogP contribution in [0.3, 0.4) is 0 Å². The highest BCUT2D eigenvalue weighted by atomic mass is 16.5. The van der Waals surface area contributed by atoms with E-state index in [4.69, 9.17) is 9.47 Å². The van der Waals surface area contributed by atoms with Gasteiger partial charge in [0.15, 0.2) is 0 Å². The van der Waals surface area contributed by atoms with Crippen LogP contribution in [0.2, 0.25) is 0 Å². The molecule has 0 radical (unpaired) electrons. The Bertz CT molecular complexity index is 797. The van der Waals surface area contributed by atoms with E-state index in [-0.39, 0.29) is 5.91 Å². The van der Waals surface area contributed by atoms with Gasteiger partial charge in [-0.3, -0.25) is 4.79 Å². The van der Waals surface area contributed by atoms with Gasteiger partial charge in [-0.2, -0.15) is 0 Å². The Hall–Kier alpha value is -2.33. The number of carbonyl (C=O) groups is 1. The van der Waals surface area contributed by atoms with Crippen LogP contribution in [-0.4, -0.2) is 44.2 Å². The molecule has 4 rings (SSSR count). The molecule has 0 saturated carbocycles. The van der Waals surface area contributed by atoms with Crippen molar-refractivity contribution in [1.82, 2.24) is 4.90 Å². The SMILES string of the molecule is COc1ccc(C2CCCCN(C(=O)C3(c4ccccc4)CCOCC3)C2)cc1. The monoisotopic (exact) mass is 393 g/mol. The predicted octanol–water partition coefficient (Wildman–Crippen LogP) is 4.54. The van der Waals surface area contributed by atoms with Crippen molar-refractivity contribution in [3.63, 3.8) is 0 Å². The summed E-state index contributed by atoms with van der Waals surface area (Å²) in [7, 11) is 1.69. The first-order valence-corrected chi connectivity index (χ1v) is 10.8. The second-order valence-electron chi connectivity index (χ2n) is 8.28. The molecule has 2 aromatic rings. The molecule has 1 atom stereocenters. The molecule has 1 amide bonds. The fourth-order valence-electron chi connectivity index (χ4n) is 4.88. The van der Waals surface area contributed by atoms with Crippen LogP contribution < -0.4 is 4.74 Å². The summed E-state index contributed by atoms with van der Waals surface area (Å²) >= 11 is 0. The van der Waals surface area contributed by atoms with E-state index in [1.807, 2.05) is 30.3 Å². The number of amides is 1. The average molecular weight is 394 g/mol. The summed E-state index contributed by atoms with van der Waals surface area (Å²) in [4.78, 5) is 16.1. The van der Waals surface area contributed by atoms with Crippen LogP contribution in [0.15, 0.2) is 54.6 Å². The van der Waals surface area contributed by atoms with E-state index >= 15 is 0 Å². The second kappa shape index (κ2) is 9.00. The summed E-state index contributed by atoms with van der Waals surface area (Å²) in [6, 6.07) is 18.7. The van der Waals surface area contributed by atoms with Crippen molar-refractivity contribution >= 4 is 5.91 Å². The maximum atomic E-state index is 14.0. The lowest BCUT2D eigenvalue weighted by atomic mass is 9.73. The van der Waals surface area contributed by atoms with E-state index in [9.17, 15) is 4.79 Å². The first-order chi connectivity index (χ1) is 14.2. The molecule has 0 aromatic heterocycles. The molecule has 0 N–H and O–H groups in total. The molecule has 4 nitrogen and oxygen atoms in total. The van der Waals surface area contributed by atoms with Gasteiger partial charge in [-0.15, -0.1) is 0 Å². The Morgan fingerprint density at radius 3 is 2.45 bits per heavy atom. The molecular weight excluding hydrogens is 362 g/mol. The summed E-state index contributed by atoms with van der Waals surface area (Å²) in [6.07, 6.45) is 4.87. The molecule has 0 aliphatic carbocycles. The van der Waals surface area contributed by atoms with Gasteiger partial charge < -0.3 is 14.4 Å². The molecule has 2 aromatic carbocycles. The van der Waals surface area contributed by atoms with Gasteiger partial charge >= 0.3 is 0 Å². The zero-order valence-electron chi connectivity index (χ0n) is 17.3. The Balaban J connectivity index is 1.59. The number of hydrogen-bond donors (Lipinski definition) is 0. The Morgan fingerprint density at radius 2 is 1.76 bits per heavy atom. The van der Waals surface area contributed by atoms with E-state index in [1.165, 1.54) is 5.56 Å². The number of carbonyl (C=O) groups excluding carboxylic acids is 1. The topological polar surface area (TPSA) is 38.8 Å². The zero-order valence-corrected chi connectivity index (χ0v) is 17.3. The molecule has 0 bridgehead atoms. The molecule has 29 heavy (non-hydrogen) atoms. The minimum Gasteiger partial charge on any atom is -0.497 e. The number of methoxy groups -OCH3 is 1. The molecule has 2 heterocycles. The van der Waals surface area contributed by atoms with Crippen molar-refractivity contribution in [2.45, 2.75) is 43.4 Å². The van der Waals surface area contributed by atoms with Crippen LogP contribution in [-0.2, 0) is 14.9 Å². The quantitative estimate of drug-likeness (QED) is 0.765. The van der Waals surface area contributed by atoms with Gasteiger partial charge in [0.1, 0.15) is 5.75 Å². The Morgan fingerprint density at radius 1 is 1.03 bits per heavy atom. The third-order valence-corrected chi connectivity index (χ3v) is 6.63. The molecule has 2 saturated heterocycles. The van der Waals surface area contributed by atoms with E-state index in [2.05, 4.69) is 29.2 Å². The molecule has 4 heteroatoms. The zero-order chi connectivity index (χ0) is 20.1. The third-order valence-electron chi connectivity index (χ3n) is 6.63. The lowest BCUT2D eigenvalue weighted by Gasteiger charge is -2.40. The van der Waals surface area contributed by atoms with Crippen LogP contribution in [0, 0.1) is 0 Å². The number of benzene rings is 2. The lowest BCUT2D eigenvalue weighted by Crippen LogP contribution is -2.50. The van der Waals surface area contributed by atoms with Crippen molar-refractivity contribution in [2.24, 2.45) is 0 Å². The largest absolute Gasteiger partial charge is 0.497 e. The molecule has 0 spiro atoms. The number of ether oxygens (including phenoxy) is 2. The number of hydrogen-bond acceptors (Lipinski definition) is 3. The molecule has 1 unspecified atom stereocenters. The molecule has 154 valence electrons. The molecule has 2 aliphatic rings. The van der Waals surface area contributed by atoms with Crippen molar-refractivity contribution in [2.75, 3.05) is 33.4 Å². The van der Waals surface area contributed by atoms with Crippen LogP contribution in [0.5, 0.6) is 5.75 Å². The van der Waals surface area contributed by atoms with E-state index in [0.29, 0.717) is 19.1 Å². The standard InChI is InChI=1S/C25H31NO3/c1-28-23-12-10-20(11-13-23)21-7-5-6-16-26(19-21)24(27)25(14-17-29-18-15-25)22-8-3-2-4-9-22/h2-4,8-13,21H,5-7,14-19H2,1H3. The first kappa shape index (κ1) is 20.0. The third kappa shape index (κ3) is 4.18. The Labute approximate surface area is 173 Å². The van der Waals surface area contributed by atoms with Gasteiger partial charge in [-0.1, -0.05) is 48.9 Å².